The van der Waals surface area contributed by atoms with Crippen LogP contribution in [0.3, 0.4) is 0 Å². The molecule has 0 radical (unpaired) electrons. The monoisotopic (exact) mass is 421 g/mol. The van der Waals surface area contributed by atoms with Crippen LogP contribution in [-0.4, -0.2) is 53.1 Å². The van der Waals surface area contributed by atoms with Crippen LogP contribution in [0, 0.1) is 0 Å². The molecule has 3 heterocycles. The zero-order chi connectivity index (χ0) is 19.6. The van der Waals surface area contributed by atoms with E-state index < -0.39 is 10.0 Å². The number of sulfonamides is 1. The lowest BCUT2D eigenvalue weighted by Crippen LogP contribution is -2.27. The molecule has 3 aromatic rings. The Morgan fingerprint density at radius 2 is 1.89 bits per heavy atom. The maximum Gasteiger partial charge on any atom is 0.276 e. The van der Waals surface area contributed by atoms with E-state index in [0.717, 1.165) is 24.3 Å². The molecule has 4 rings (SSSR count). The van der Waals surface area contributed by atoms with E-state index in [-0.39, 0.29) is 5.09 Å². The number of hydrogen-bond donors (Lipinski definition) is 0. The number of furan rings is 1. The molecule has 0 unspecified atom stereocenters. The van der Waals surface area contributed by atoms with Crippen LogP contribution in [-0.2, 0) is 15.8 Å². The molecule has 148 valence electrons. The van der Waals surface area contributed by atoms with E-state index in [1.165, 1.54) is 22.1 Å². The Labute approximate surface area is 166 Å². The first-order valence-electron chi connectivity index (χ1n) is 8.72. The van der Waals surface area contributed by atoms with Gasteiger partial charge in [0.25, 0.3) is 10.0 Å². The van der Waals surface area contributed by atoms with E-state index in [1.807, 2.05) is 24.3 Å². The number of thioether (sulfide) groups is 1. The molecule has 1 fully saturated rings. The Morgan fingerprint density at radius 1 is 1.14 bits per heavy atom. The highest BCUT2D eigenvalue weighted by molar-refractivity contribution is 7.98. The van der Waals surface area contributed by atoms with Gasteiger partial charge >= 0.3 is 0 Å². The van der Waals surface area contributed by atoms with E-state index in [9.17, 15) is 8.42 Å². The number of hydrogen-bond acceptors (Lipinski definition) is 8. The van der Waals surface area contributed by atoms with Crippen molar-refractivity contribution < 1.29 is 17.6 Å². The maximum absolute atomic E-state index is 12.6. The third kappa shape index (κ3) is 3.77. The van der Waals surface area contributed by atoms with Gasteiger partial charge in [0.2, 0.25) is 10.2 Å². The van der Waals surface area contributed by atoms with E-state index in [0.29, 0.717) is 29.8 Å². The smallest absolute Gasteiger partial charge is 0.276 e. The van der Waals surface area contributed by atoms with Crippen LogP contribution < -0.4 is 4.74 Å². The van der Waals surface area contributed by atoms with Crippen LogP contribution in [0.25, 0.3) is 5.69 Å². The zero-order valence-electron chi connectivity index (χ0n) is 15.2. The van der Waals surface area contributed by atoms with Crippen molar-refractivity contribution in [3.8, 4) is 11.4 Å². The average Bonchev–Trinajstić information content (AvgIpc) is 3.48. The van der Waals surface area contributed by atoms with E-state index in [2.05, 4.69) is 15.5 Å². The fourth-order valence-electron chi connectivity index (χ4n) is 2.92. The fourth-order valence-corrected chi connectivity index (χ4v) is 5.15. The summed E-state index contributed by atoms with van der Waals surface area (Å²) in [7, 11) is -1.94. The molecule has 0 atom stereocenters. The van der Waals surface area contributed by atoms with Crippen molar-refractivity contribution in [2.45, 2.75) is 28.8 Å². The molecule has 11 heteroatoms. The zero-order valence-corrected chi connectivity index (χ0v) is 16.8. The molecule has 1 aromatic carbocycles. The number of benzene rings is 1. The fraction of sp³-hybridized carbons (Fsp3) is 0.353. The largest absolute Gasteiger partial charge is 0.497 e. The topological polar surface area (TPSA) is 103 Å². The number of rotatable bonds is 7. The first-order valence-corrected chi connectivity index (χ1v) is 11.1. The Bertz CT molecular complexity index is 1040. The minimum absolute atomic E-state index is 0.0141. The van der Waals surface area contributed by atoms with E-state index in [1.54, 1.807) is 17.9 Å². The lowest BCUT2D eigenvalue weighted by Gasteiger charge is -2.12. The third-order valence-corrected chi connectivity index (χ3v) is 7.11. The molecule has 0 bridgehead atoms. The molecule has 1 aliphatic rings. The van der Waals surface area contributed by atoms with Crippen LogP contribution in [0.4, 0.5) is 0 Å². The van der Waals surface area contributed by atoms with Crippen LogP contribution in [0.15, 0.2) is 51.1 Å². The number of tetrazole rings is 1. The predicted octanol–water partition coefficient (Wildman–Crippen LogP) is 2.34. The maximum atomic E-state index is 12.6. The second-order valence-corrected chi connectivity index (χ2v) is 9.00. The summed E-state index contributed by atoms with van der Waals surface area (Å²) >= 11 is 1.36. The molecule has 0 spiro atoms. The molecule has 0 N–H and O–H groups in total. The third-order valence-electron chi connectivity index (χ3n) is 4.40. The molecule has 1 aliphatic heterocycles. The molecular weight excluding hydrogens is 402 g/mol. The number of nitrogens with zero attached hydrogens (tertiary/aromatic N) is 5. The van der Waals surface area contributed by atoms with Gasteiger partial charge in [0.05, 0.1) is 18.6 Å². The summed E-state index contributed by atoms with van der Waals surface area (Å²) in [6.07, 6.45) is 1.77. The van der Waals surface area contributed by atoms with Crippen molar-refractivity contribution >= 4 is 21.8 Å². The van der Waals surface area contributed by atoms with Crippen LogP contribution in [0.5, 0.6) is 5.75 Å². The van der Waals surface area contributed by atoms with Crippen molar-refractivity contribution in [2.75, 3.05) is 20.2 Å². The van der Waals surface area contributed by atoms with Crippen LogP contribution in [0.2, 0.25) is 0 Å². The van der Waals surface area contributed by atoms with Gasteiger partial charge < -0.3 is 9.15 Å². The van der Waals surface area contributed by atoms with Gasteiger partial charge in [-0.2, -0.15) is 8.99 Å². The molecular formula is C17H19N5O4S2. The number of ether oxygens (including phenoxy) is 1. The summed E-state index contributed by atoms with van der Waals surface area (Å²) in [5.74, 6) is 1.70. The van der Waals surface area contributed by atoms with Gasteiger partial charge in [0.15, 0.2) is 0 Å². The highest BCUT2D eigenvalue weighted by Crippen LogP contribution is 2.27. The van der Waals surface area contributed by atoms with Crippen molar-refractivity contribution in [1.29, 1.82) is 0 Å². The second kappa shape index (κ2) is 7.94. The van der Waals surface area contributed by atoms with Crippen molar-refractivity contribution in [3.63, 3.8) is 0 Å². The van der Waals surface area contributed by atoms with Gasteiger partial charge in [-0.05, 0) is 59.7 Å². The van der Waals surface area contributed by atoms with E-state index >= 15 is 0 Å². The van der Waals surface area contributed by atoms with Gasteiger partial charge in [0.1, 0.15) is 11.5 Å². The predicted molar refractivity (Wildman–Crippen MR) is 102 cm³/mol. The highest BCUT2D eigenvalue weighted by Gasteiger charge is 2.30. The van der Waals surface area contributed by atoms with E-state index in [4.69, 9.17) is 9.15 Å². The van der Waals surface area contributed by atoms with Crippen LogP contribution >= 0.6 is 11.8 Å². The SMILES string of the molecule is COc1ccc(-n2nnnc2SCc2ccc(S(=O)(=O)N3CCCC3)o2)cc1. The minimum Gasteiger partial charge on any atom is -0.497 e. The minimum atomic E-state index is -3.55. The first-order chi connectivity index (χ1) is 13.6. The molecule has 0 amide bonds. The molecule has 9 nitrogen and oxygen atoms in total. The van der Waals surface area contributed by atoms with Crippen molar-refractivity contribution in [1.82, 2.24) is 24.5 Å². The summed E-state index contributed by atoms with van der Waals surface area (Å²) < 4.78 is 38.9. The van der Waals surface area contributed by atoms with Crippen LogP contribution in [0.1, 0.15) is 18.6 Å². The quantitative estimate of drug-likeness (QED) is 0.536. The lowest BCUT2D eigenvalue weighted by atomic mass is 10.3. The Kier molecular flexibility index (Phi) is 5.38. The van der Waals surface area contributed by atoms with Gasteiger partial charge in [-0.15, -0.1) is 5.10 Å². The van der Waals surface area contributed by atoms with Gasteiger partial charge in [-0.1, -0.05) is 11.8 Å². The Balaban J connectivity index is 1.46. The van der Waals surface area contributed by atoms with Gasteiger partial charge in [-0.3, -0.25) is 0 Å². The summed E-state index contributed by atoms with van der Waals surface area (Å²) in [6, 6.07) is 10.5. The lowest BCUT2D eigenvalue weighted by molar-refractivity contribution is 0.397. The van der Waals surface area contributed by atoms with Crippen molar-refractivity contribution in [2.24, 2.45) is 0 Å². The van der Waals surface area contributed by atoms with Crippen molar-refractivity contribution in [3.05, 3.63) is 42.2 Å². The summed E-state index contributed by atoms with van der Waals surface area (Å²) in [4.78, 5) is 0. The summed E-state index contributed by atoms with van der Waals surface area (Å²) in [5.41, 5.74) is 0.796. The van der Waals surface area contributed by atoms with Gasteiger partial charge in [-0.25, -0.2) is 8.42 Å². The van der Waals surface area contributed by atoms with Gasteiger partial charge in [0, 0.05) is 13.1 Å². The average molecular weight is 422 g/mol. The summed E-state index contributed by atoms with van der Waals surface area (Å²) in [5, 5.41) is 12.3. The normalized spacial score (nSPS) is 15.2. The molecule has 28 heavy (non-hydrogen) atoms. The Morgan fingerprint density at radius 3 is 2.61 bits per heavy atom. The summed E-state index contributed by atoms with van der Waals surface area (Å²) in [6.45, 7) is 1.09. The standard InChI is InChI=1S/C17H19N5O4S2/c1-25-14-6-4-13(5-7-14)22-17(18-19-20-22)27-12-15-8-9-16(26-15)28(23,24)21-10-2-3-11-21/h4-9H,2-3,10-12H2,1H3. The second-order valence-electron chi connectivity index (χ2n) is 6.19. The highest BCUT2D eigenvalue weighted by atomic mass is 32.2. The first kappa shape index (κ1) is 19.0. The number of aromatic nitrogens is 4. The molecule has 0 saturated carbocycles. The molecule has 0 aliphatic carbocycles. The molecule has 2 aromatic heterocycles. The molecule has 1 saturated heterocycles. The number of methoxy groups -OCH3 is 1. The Hall–Kier alpha value is -2.37.